The maximum atomic E-state index is 13.0. The van der Waals surface area contributed by atoms with Crippen molar-refractivity contribution < 1.29 is 69.0 Å². The molecule has 2 aliphatic carbocycles. The third kappa shape index (κ3) is 5.17. The van der Waals surface area contributed by atoms with E-state index in [-0.39, 0.29) is 17.9 Å². The number of aliphatic hydroxyl groups is 9. The van der Waals surface area contributed by atoms with E-state index in [9.17, 15) is 40.5 Å². The van der Waals surface area contributed by atoms with Gasteiger partial charge in [-0.1, -0.05) is 0 Å². The molecular weight excluding hydrogens is 536 g/mol. The van der Waals surface area contributed by atoms with Gasteiger partial charge >= 0.3 is 5.97 Å². The van der Waals surface area contributed by atoms with Gasteiger partial charge in [-0.25, -0.2) is 4.79 Å². The highest BCUT2D eigenvalue weighted by Crippen LogP contribution is 2.50. The van der Waals surface area contributed by atoms with Crippen LogP contribution in [0.2, 0.25) is 0 Å². The van der Waals surface area contributed by atoms with Crippen LogP contribution < -0.4 is 0 Å². The van der Waals surface area contributed by atoms with Crippen LogP contribution in [0.1, 0.15) is 25.7 Å². The predicted octanol–water partition coefficient (Wildman–Crippen LogP) is -2.99. The Morgan fingerprint density at radius 3 is 2.23 bits per heavy atom. The summed E-state index contributed by atoms with van der Waals surface area (Å²) < 4.78 is 33.8. The molecule has 5 aliphatic rings. The minimum absolute atomic E-state index is 0.0560. The van der Waals surface area contributed by atoms with Crippen molar-refractivity contribution in [2.24, 2.45) is 17.8 Å². The first-order chi connectivity index (χ1) is 19.1. The number of hydrogen-bond acceptors (Lipinski definition) is 13. The largest absolute Gasteiger partial charge is 0.515 e. The molecule has 0 aromatic heterocycles. The molecule has 40 heavy (non-hydrogen) atoms. The molecule has 14 atom stereocenters. The molecule has 3 aliphatic heterocycles. The minimum Gasteiger partial charge on any atom is -0.515 e. The second kappa shape index (κ2) is 12.1. The fourth-order valence-electron chi connectivity index (χ4n) is 7.42. The number of esters is 1. The molecule has 0 aromatic carbocycles. The third-order valence-corrected chi connectivity index (χ3v) is 9.41. The smallest absolute Gasteiger partial charge is 0.337 e. The first-order valence-corrected chi connectivity index (χ1v) is 13.8. The van der Waals surface area contributed by atoms with E-state index in [1.807, 2.05) is 0 Å². The van der Waals surface area contributed by atoms with E-state index in [2.05, 4.69) is 0 Å². The van der Waals surface area contributed by atoms with Gasteiger partial charge in [0.2, 0.25) is 0 Å². The summed E-state index contributed by atoms with van der Waals surface area (Å²) in [6, 6.07) is 0. The lowest BCUT2D eigenvalue weighted by Crippen LogP contribution is -2.68. The van der Waals surface area contributed by atoms with Crippen LogP contribution in [0, 0.1) is 17.8 Å². The normalized spacial score (nSPS) is 52.2. The number of carbonyl (C=O) groups is 1. The number of rotatable bonds is 6. The molecule has 228 valence electrons. The van der Waals surface area contributed by atoms with E-state index < -0.39 is 104 Å². The van der Waals surface area contributed by atoms with Gasteiger partial charge in [-0.15, -0.1) is 0 Å². The Kier molecular flexibility index (Phi) is 9.05. The molecular formula is C26H41O14+. The van der Waals surface area contributed by atoms with Gasteiger partial charge in [0.1, 0.15) is 42.7 Å². The van der Waals surface area contributed by atoms with E-state index in [4.69, 9.17) is 28.4 Å². The molecule has 0 spiro atoms. The van der Waals surface area contributed by atoms with Crippen LogP contribution in [0.25, 0.3) is 0 Å². The van der Waals surface area contributed by atoms with Gasteiger partial charge in [0.05, 0.1) is 42.7 Å². The number of methoxy groups -OCH3 is 2. The second-order valence-corrected chi connectivity index (χ2v) is 11.5. The van der Waals surface area contributed by atoms with Crippen LogP contribution in [-0.2, 0) is 28.5 Å². The average molecular weight is 578 g/mol. The minimum atomic E-state index is -1.70. The van der Waals surface area contributed by atoms with Crippen LogP contribution in [0.15, 0.2) is 11.8 Å². The zero-order chi connectivity index (χ0) is 28.9. The fourth-order valence-corrected chi connectivity index (χ4v) is 7.42. The SMILES string of the molecule is COC1CC(C2[OH+]C3CC(O)CC4OC(=O)C(=CO)C(C2OC2OC(CO)C(O)C(O)C2O)C43)CC(OC)C1O. The van der Waals surface area contributed by atoms with Gasteiger partial charge in [0.25, 0.3) is 0 Å². The summed E-state index contributed by atoms with van der Waals surface area (Å²) in [6.45, 7) is -0.656. The van der Waals surface area contributed by atoms with Crippen molar-refractivity contribution in [3.05, 3.63) is 11.8 Å². The standard InChI is InChI=1S/C26H40O14/c1-35-14-3-9(4-15(36-2)19(14)30)23-24(40-26-22(33)21(32)20(31)16(8-28)39-26)17-11(7-27)25(34)38-13-6-10(29)5-12(37-23)18(13)17/h7,9-10,12-24,26-33H,3-6,8H2,1-2H3/p+1. The molecule has 3 saturated heterocycles. The summed E-state index contributed by atoms with van der Waals surface area (Å²) in [6.07, 6.45) is -11.6. The maximum absolute atomic E-state index is 13.0. The topological polar surface area (TPSA) is 218 Å². The second-order valence-electron chi connectivity index (χ2n) is 11.5. The summed E-state index contributed by atoms with van der Waals surface area (Å²) in [7, 11) is 2.95. The van der Waals surface area contributed by atoms with Gasteiger partial charge in [-0.05, 0) is 12.8 Å². The number of aliphatic hydroxyl groups excluding tert-OH is 7. The quantitative estimate of drug-likeness (QED) is 0.0726. The van der Waals surface area contributed by atoms with Crippen LogP contribution in [0.3, 0.4) is 0 Å². The van der Waals surface area contributed by atoms with Crippen molar-refractivity contribution in [1.82, 2.24) is 0 Å². The molecule has 14 unspecified atom stereocenters. The van der Waals surface area contributed by atoms with E-state index in [1.165, 1.54) is 14.2 Å². The zero-order valence-corrected chi connectivity index (χ0v) is 22.4. The third-order valence-electron chi connectivity index (χ3n) is 9.41. The molecule has 5 fully saturated rings. The highest BCUT2D eigenvalue weighted by atomic mass is 16.7. The Bertz CT molecular complexity index is 915. The van der Waals surface area contributed by atoms with Gasteiger partial charge < -0.3 is 64.2 Å². The Morgan fingerprint density at radius 2 is 1.62 bits per heavy atom. The Morgan fingerprint density at radius 1 is 0.950 bits per heavy atom. The van der Waals surface area contributed by atoms with Crippen molar-refractivity contribution in [1.29, 1.82) is 0 Å². The molecule has 5 rings (SSSR count). The molecule has 2 saturated carbocycles. The van der Waals surface area contributed by atoms with E-state index in [1.54, 1.807) is 0 Å². The van der Waals surface area contributed by atoms with Gasteiger partial charge in [-0.3, -0.25) is 0 Å². The predicted molar refractivity (Wildman–Crippen MR) is 132 cm³/mol. The summed E-state index contributed by atoms with van der Waals surface area (Å²) in [5, 5.41) is 72.6. The number of hydrogen-bond donors (Lipinski definition) is 7. The van der Waals surface area contributed by atoms with Crippen molar-refractivity contribution in [2.75, 3.05) is 20.8 Å². The molecule has 0 bridgehead atoms. The summed E-state index contributed by atoms with van der Waals surface area (Å²) in [4.78, 5) is 13.0. The summed E-state index contributed by atoms with van der Waals surface area (Å²) in [5.74, 6) is -2.36. The highest BCUT2D eigenvalue weighted by Gasteiger charge is 2.64. The van der Waals surface area contributed by atoms with Crippen molar-refractivity contribution >= 4 is 5.97 Å². The Balaban J connectivity index is 1.54. The van der Waals surface area contributed by atoms with E-state index in [0.29, 0.717) is 25.5 Å². The molecule has 14 nitrogen and oxygen atoms in total. The average Bonchev–Trinajstić information content (AvgIpc) is 2.94. The molecule has 3 heterocycles. The van der Waals surface area contributed by atoms with Crippen molar-refractivity contribution in [2.45, 2.75) is 105 Å². The molecule has 8 N–H and O–H groups in total. The fraction of sp³-hybridized carbons (Fsp3) is 0.885. The maximum Gasteiger partial charge on any atom is 0.337 e. The van der Waals surface area contributed by atoms with Crippen molar-refractivity contribution in [3.8, 4) is 0 Å². The van der Waals surface area contributed by atoms with E-state index >= 15 is 0 Å². The van der Waals surface area contributed by atoms with E-state index in [0.717, 1.165) is 0 Å². The monoisotopic (exact) mass is 577 g/mol. The lowest BCUT2D eigenvalue weighted by Gasteiger charge is -2.54. The van der Waals surface area contributed by atoms with Crippen LogP contribution >= 0.6 is 0 Å². The van der Waals surface area contributed by atoms with Gasteiger partial charge in [-0.2, -0.15) is 0 Å². The van der Waals surface area contributed by atoms with Crippen molar-refractivity contribution in [3.63, 3.8) is 0 Å². The molecule has 14 heteroatoms. The first kappa shape index (κ1) is 30.0. The molecule has 0 aromatic rings. The number of carbonyl (C=O) groups excluding carboxylic acids is 1. The molecule has 0 amide bonds. The Labute approximate surface area is 231 Å². The zero-order valence-electron chi connectivity index (χ0n) is 22.4. The first-order valence-electron chi connectivity index (χ1n) is 13.8. The molecule has 0 radical (unpaired) electrons. The Hall–Kier alpha value is -1.43. The van der Waals surface area contributed by atoms with Crippen LogP contribution in [-0.4, -0.2) is 147 Å². The van der Waals surface area contributed by atoms with Crippen LogP contribution in [0.5, 0.6) is 0 Å². The lowest BCUT2D eigenvalue weighted by atomic mass is 9.63. The summed E-state index contributed by atoms with van der Waals surface area (Å²) in [5.41, 5.74) is -0.0560. The van der Waals surface area contributed by atoms with Gasteiger partial charge in [0.15, 0.2) is 18.5 Å². The number of ether oxygens (including phenoxy) is 6. The lowest BCUT2D eigenvalue weighted by molar-refractivity contribution is -0.369. The summed E-state index contributed by atoms with van der Waals surface area (Å²) >= 11 is 0. The highest BCUT2D eigenvalue weighted by molar-refractivity contribution is 5.90. The van der Waals surface area contributed by atoms with Crippen LogP contribution in [0.4, 0.5) is 0 Å². The van der Waals surface area contributed by atoms with Gasteiger partial charge in [0, 0.05) is 38.9 Å².